The van der Waals surface area contributed by atoms with Crippen LogP contribution in [0.4, 0.5) is 23.7 Å². The van der Waals surface area contributed by atoms with Crippen molar-refractivity contribution in [2.75, 3.05) is 31.5 Å². The lowest BCUT2D eigenvalue weighted by Crippen LogP contribution is -2.36. The van der Waals surface area contributed by atoms with E-state index in [1.807, 2.05) is 0 Å². The number of urea groups is 1. The Labute approximate surface area is 131 Å². The Bertz CT molecular complexity index is 507. The molecular formula is C14H17ClF3N3O. The van der Waals surface area contributed by atoms with Crippen molar-refractivity contribution in [1.82, 2.24) is 10.2 Å². The Morgan fingerprint density at radius 2 is 2.00 bits per heavy atom. The first-order chi connectivity index (χ1) is 10.3. The zero-order valence-electron chi connectivity index (χ0n) is 11.8. The molecule has 122 valence electrons. The number of carbonyl (C=O) groups excluding carboxylic acids is 1. The van der Waals surface area contributed by atoms with Crippen molar-refractivity contribution < 1.29 is 18.0 Å². The van der Waals surface area contributed by atoms with Crippen LogP contribution in [0.15, 0.2) is 24.3 Å². The molecule has 1 aromatic carbocycles. The third kappa shape index (κ3) is 5.73. The van der Waals surface area contributed by atoms with Gasteiger partial charge in [0.2, 0.25) is 0 Å². The van der Waals surface area contributed by atoms with Crippen molar-refractivity contribution in [3.8, 4) is 0 Å². The summed E-state index contributed by atoms with van der Waals surface area (Å²) in [6.45, 7) is 0.222. The highest BCUT2D eigenvalue weighted by atomic mass is 35.5. The number of benzene rings is 1. The summed E-state index contributed by atoms with van der Waals surface area (Å²) in [5, 5.41) is 5.89. The molecule has 4 nitrogen and oxygen atoms in total. The minimum Gasteiger partial charge on any atom is -0.338 e. The maximum absolute atomic E-state index is 12.3. The number of amides is 2. The van der Waals surface area contributed by atoms with E-state index in [9.17, 15) is 18.0 Å². The molecule has 1 saturated heterocycles. The Balaban J connectivity index is 1.70. The van der Waals surface area contributed by atoms with Crippen LogP contribution in [0.1, 0.15) is 6.42 Å². The number of alkyl halides is 3. The number of rotatable bonds is 4. The summed E-state index contributed by atoms with van der Waals surface area (Å²) in [5.74, 6) is 0.0401. The number of nitrogens with one attached hydrogen (secondary N) is 2. The summed E-state index contributed by atoms with van der Waals surface area (Å²) in [6.07, 6.45) is -3.52. The van der Waals surface area contributed by atoms with Crippen molar-refractivity contribution in [1.29, 1.82) is 0 Å². The number of nitrogens with zero attached hydrogens (tertiary/aromatic N) is 1. The molecule has 1 aliphatic rings. The fourth-order valence-electron chi connectivity index (χ4n) is 2.42. The second-order valence-corrected chi connectivity index (χ2v) is 5.78. The van der Waals surface area contributed by atoms with E-state index >= 15 is 0 Å². The third-order valence-corrected chi connectivity index (χ3v) is 3.68. The third-order valence-electron chi connectivity index (χ3n) is 3.43. The Kier molecular flexibility index (Phi) is 5.52. The number of hydrogen-bond acceptors (Lipinski definition) is 2. The van der Waals surface area contributed by atoms with E-state index < -0.39 is 12.7 Å². The van der Waals surface area contributed by atoms with Crippen LogP contribution < -0.4 is 10.6 Å². The Morgan fingerprint density at radius 3 is 2.64 bits per heavy atom. The van der Waals surface area contributed by atoms with Crippen molar-refractivity contribution in [2.45, 2.75) is 12.6 Å². The predicted octanol–water partition coefficient (Wildman–Crippen LogP) is 3.35. The van der Waals surface area contributed by atoms with E-state index in [2.05, 4.69) is 10.6 Å². The minimum atomic E-state index is -4.17. The van der Waals surface area contributed by atoms with E-state index in [1.165, 1.54) is 4.90 Å². The van der Waals surface area contributed by atoms with Gasteiger partial charge in [0.15, 0.2) is 0 Å². The lowest BCUT2D eigenvalue weighted by molar-refractivity contribution is -0.143. The van der Waals surface area contributed by atoms with Crippen LogP contribution in [-0.2, 0) is 0 Å². The molecule has 1 atom stereocenters. The summed E-state index contributed by atoms with van der Waals surface area (Å²) < 4.78 is 36.9. The highest BCUT2D eigenvalue weighted by Crippen LogP contribution is 2.22. The van der Waals surface area contributed by atoms with Gasteiger partial charge in [0.1, 0.15) is 0 Å². The lowest BCUT2D eigenvalue weighted by atomic mass is 10.1. The largest absolute Gasteiger partial charge is 0.401 e. The van der Waals surface area contributed by atoms with Gasteiger partial charge in [-0.2, -0.15) is 13.2 Å². The molecule has 1 aromatic rings. The Morgan fingerprint density at radius 1 is 1.32 bits per heavy atom. The van der Waals surface area contributed by atoms with Crippen LogP contribution in [-0.4, -0.2) is 43.3 Å². The van der Waals surface area contributed by atoms with E-state index in [0.717, 1.165) is 0 Å². The maximum atomic E-state index is 12.3. The Hall–Kier alpha value is -1.47. The van der Waals surface area contributed by atoms with Gasteiger partial charge in [-0.05, 0) is 43.1 Å². The van der Waals surface area contributed by atoms with E-state index in [0.29, 0.717) is 36.8 Å². The summed E-state index contributed by atoms with van der Waals surface area (Å²) >= 11 is 5.74. The van der Waals surface area contributed by atoms with Crippen LogP contribution in [0, 0.1) is 5.92 Å². The molecule has 8 heteroatoms. The molecule has 22 heavy (non-hydrogen) atoms. The molecule has 2 rings (SSSR count). The molecule has 1 heterocycles. The molecule has 0 aromatic heterocycles. The number of hydrogen-bond donors (Lipinski definition) is 2. The molecule has 0 spiro atoms. The molecule has 2 N–H and O–H groups in total. The molecule has 0 radical (unpaired) electrons. The van der Waals surface area contributed by atoms with E-state index in [4.69, 9.17) is 11.6 Å². The first kappa shape index (κ1) is 16.9. The fourth-order valence-corrected chi connectivity index (χ4v) is 2.55. The van der Waals surface area contributed by atoms with Gasteiger partial charge in [0.05, 0.1) is 6.54 Å². The lowest BCUT2D eigenvalue weighted by Gasteiger charge is -2.18. The summed E-state index contributed by atoms with van der Waals surface area (Å²) in [5.41, 5.74) is 0.604. The second kappa shape index (κ2) is 7.19. The van der Waals surface area contributed by atoms with Crippen molar-refractivity contribution >= 4 is 23.3 Å². The van der Waals surface area contributed by atoms with E-state index in [1.54, 1.807) is 24.3 Å². The molecule has 1 aliphatic heterocycles. The zero-order chi connectivity index (χ0) is 16.2. The maximum Gasteiger partial charge on any atom is 0.401 e. The van der Waals surface area contributed by atoms with Gasteiger partial charge >= 0.3 is 12.2 Å². The number of carbonyl (C=O) groups is 1. The normalized spacial score (nSPS) is 19.2. The van der Waals surface area contributed by atoms with Gasteiger partial charge in [0, 0.05) is 23.8 Å². The van der Waals surface area contributed by atoms with Gasteiger partial charge in [0.25, 0.3) is 0 Å². The predicted molar refractivity (Wildman–Crippen MR) is 79.1 cm³/mol. The standard InChI is InChI=1S/C14H17ClF3N3O/c15-11-1-3-12(4-2-11)20-13(22)19-7-10-5-6-21(8-10)9-14(16,17)18/h1-4,10H,5-9H2,(H2,19,20,22)/t10-/m0/s1. The van der Waals surface area contributed by atoms with Crippen molar-refractivity contribution in [3.63, 3.8) is 0 Å². The summed E-state index contributed by atoms with van der Waals surface area (Å²) in [6, 6.07) is 6.27. The van der Waals surface area contributed by atoms with Gasteiger partial charge in [-0.15, -0.1) is 0 Å². The minimum absolute atomic E-state index is 0.0401. The summed E-state index contributed by atoms with van der Waals surface area (Å²) in [4.78, 5) is 13.1. The average molecular weight is 336 g/mol. The SMILES string of the molecule is O=C(NC[C@@H]1CCN(CC(F)(F)F)C1)Nc1ccc(Cl)cc1. The van der Waals surface area contributed by atoms with E-state index in [-0.39, 0.29) is 11.9 Å². The average Bonchev–Trinajstić information content (AvgIpc) is 2.84. The van der Waals surface area contributed by atoms with Crippen LogP contribution in [0.5, 0.6) is 0 Å². The monoisotopic (exact) mass is 335 g/mol. The topological polar surface area (TPSA) is 44.4 Å². The van der Waals surface area contributed by atoms with Crippen molar-refractivity contribution in [2.24, 2.45) is 5.92 Å². The van der Waals surface area contributed by atoms with Crippen LogP contribution in [0.25, 0.3) is 0 Å². The van der Waals surface area contributed by atoms with Crippen LogP contribution in [0.3, 0.4) is 0 Å². The van der Waals surface area contributed by atoms with Crippen LogP contribution >= 0.6 is 11.6 Å². The summed E-state index contributed by atoms with van der Waals surface area (Å²) in [7, 11) is 0. The van der Waals surface area contributed by atoms with Gasteiger partial charge < -0.3 is 10.6 Å². The second-order valence-electron chi connectivity index (χ2n) is 5.35. The molecule has 0 bridgehead atoms. The first-order valence-corrected chi connectivity index (χ1v) is 7.29. The smallest absolute Gasteiger partial charge is 0.338 e. The number of halogens is 4. The fraction of sp³-hybridized carbons (Fsp3) is 0.500. The highest BCUT2D eigenvalue weighted by Gasteiger charge is 2.34. The molecule has 1 fully saturated rings. The molecule has 0 saturated carbocycles. The zero-order valence-corrected chi connectivity index (χ0v) is 12.5. The molecular weight excluding hydrogens is 319 g/mol. The highest BCUT2D eigenvalue weighted by molar-refractivity contribution is 6.30. The van der Waals surface area contributed by atoms with Crippen molar-refractivity contribution in [3.05, 3.63) is 29.3 Å². The number of anilines is 1. The quantitative estimate of drug-likeness (QED) is 0.886. The molecule has 2 amide bonds. The van der Waals surface area contributed by atoms with Gasteiger partial charge in [-0.3, -0.25) is 4.90 Å². The van der Waals surface area contributed by atoms with Gasteiger partial charge in [-0.1, -0.05) is 11.6 Å². The molecule has 0 unspecified atom stereocenters. The van der Waals surface area contributed by atoms with Crippen LogP contribution in [0.2, 0.25) is 5.02 Å². The molecule has 0 aliphatic carbocycles. The number of likely N-dealkylation sites (tertiary alicyclic amines) is 1. The van der Waals surface area contributed by atoms with Gasteiger partial charge in [-0.25, -0.2) is 4.79 Å². The first-order valence-electron chi connectivity index (χ1n) is 6.91.